The molecule has 0 aliphatic carbocycles. The number of carbonyl (C=O) groups is 4. The fourth-order valence-corrected chi connectivity index (χ4v) is 8.10. The summed E-state index contributed by atoms with van der Waals surface area (Å²) in [6, 6.07) is 8.10. The number of aromatic nitrogens is 4. The Hall–Kier alpha value is -6.46. The first-order chi connectivity index (χ1) is 28.9. The van der Waals surface area contributed by atoms with Crippen LogP contribution in [0.2, 0.25) is 0 Å². The molecule has 0 saturated carbocycles. The molecule has 17 nitrogen and oxygen atoms in total. The first kappa shape index (κ1) is 41.7. The second kappa shape index (κ2) is 17.8. The van der Waals surface area contributed by atoms with E-state index in [0.29, 0.717) is 56.0 Å². The molecule has 4 aromatic rings. The first-order valence-electron chi connectivity index (χ1n) is 19.8. The van der Waals surface area contributed by atoms with Gasteiger partial charge in [-0.05, 0) is 81.1 Å². The van der Waals surface area contributed by atoms with Gasteiger partial charge in [-0.3, -0.25) is 48.8 Å². The monoisotopic (exact) mass is 819 g/mol. The third-order valence-corrected chi connectivity index (χ3v) is 11.3. The van der Waals surface area contributed by atoms with Gasteiger partial charge in [0.05, 0.1) is 61.6 Å². The molecule has 1 N–H and O–H groups in total. The SMILES string of the molecule is C=N/C=c1/c(=O)n(C)cc(-c2cc(OC)c(CN(C)CCn3cc(COC4CCN(c5ccc6c(c5)C(=O)N(C5CCC(=O)NC5=O)C6=O)CC4)nn3)c(OC)c2)/c1=C/C. The molecule has 2 aromatic carbocycles. The van der Waals surface area contributed by atoms with E-state index < -0.39 is 29.7 Å². The summed E-state index contributed by atoms with van der Waals surface area (Å²) in [5, 5.41) is 12.1. The topological polar surface area (TPSA) is 183 Å². The van der Waals surface area contributed by atoms with Crippen LogP contribution in [0.3, 0.4) is 0 Å². The van der Waals surface area contributed by atoms with E-state index >= 15 is 0 Å². The summed E-state index contributed by atoms with van der Waals surface area (Å²) in [6.07, 6.45) is 8.78. The number of hydrogen-bond acceptors (Lipinski definition) is 13. The van der Waals surface area contributed by atoms with Gasteiger partial charge in [0, 0.05) is 63.3 Å². The molecule has 0 radical (unpaired) electrons. The summed E-state index contributed by atoms with van der Waals surface area (Å²) >= 11 is 0. The molecule has 17 heteroatoms. The summed E-state index contributed by atoms with van der Waals surface area (Å²) in [5.74, 6) is -0.760. The first-order valence-corrected chi connectivity index (χ1v) is 19.8. The lowest BCUT2D eigenvalue weighted by atomic mass is 10.00. The fourth-order valence-electron chi connectivity index (χ4n) is 8.10. The van der Waals surface area contributed by atoms with Crippen molar-refractivity contribution in [3.05, 3.63) is 85.9 Å². The van der Waals surface area contributed by atoms with Crippen LogP contribution in [0, 0.1) is 0 Å². The Balaban J connectivity index is 0.912. The Labute approximate surface area is 346 Å². The van der Waals surface area contributed by atoms with Crippen LogP contribution in [0.15, 0.2) is 52.5 Å². The van der Waals surface area contributed by atoms with Crippen LogP contribution >= 0.6 is 0 Å². The number of carbonyl (C=O) groups excluding carboxylic acids is 4. The minimum absolute atomic E-state index is 0.0135. The number of methoxy groups -OCH3 is 2. The quantitative estimate of drug-likeness (QED) is 0.144. The van der Waals surface area contributed by atoms with Crippen LogP contribution in [-0.4, -0.2) is 113 Å². The van der Waals surface area contributed by atoms with E-state index in [2.05, 4.69) is 37.1 Å². The van der Waals surface area contributed by atoms with Crippen LogP contribution in [0.1, 0.15) is 64.6 Å². The number of nitrogens with zero attached hydrogens (tertiary/aromatic N) is 8. The molecule has 0 bridgehead atoms. The molecule has 1 atom stereocenters. The molecular weight excluding hydrogens is 771 g/mol. The average Bonchev–Trinajstić information content (AvgIpc) is 3.81. The standard InChI is InChI=1S/C43H49N9O8/c1-7-30-33(21-44-2)41(55)49(4)24-34(30)26-18-37(58-5)35(38(19-26)59-6)23-48(3)16-17-51-22-27(46-47-51)25-60-29-12-14-50(15-13-29)28-8-9-31-32(20-28)43(57)52(42(31)56)36-10-11-39(53)45-40(36)54/h7-9,18-22,24,29,36H,2,10-17,23,25H2,1,3-6H3,(H,45,53,54)/b30-7+,33-21+. The Morgan fingerprint density at radius 1 is 0.950 bits per heavy atom. The molecule has 3 aliphatic rings. The maximum absolute atomic E-state index is 13.3. The molecule has 3 aliphatic heterocycles. The number of likely N-dealkylation sites (N-methyl/N-ethyl adjacent to an activating group) is 1. The molecule has 2 saturated heterocycles. The Morgan fingerprint density at radius 2 is 1.67 bits per heavy atom. The van der Waals surface area contributed by atoms with Crippen molar-refractivity contribution < 1.29 is 33.4 Å². The van der Waals surface area contributed by atoms with E-state index in [1.54, 1.807) is 44.3 Å². The number of fused-ring (bicyclic) bond motifs is 1. The lowest BCUT2D eigenvalue weighted by molar-refractivity contribution is -0.136. The van der Waals surface area contributed by atoms with Gasteiger partial charge in [-0.1, -0.05) is 11.3 Å². The third-order valence-electron chi connectivity index (χ3n) is 11.3. The van der Waals surface area contributed by atoms with E-state index in [4.69, 9.17) is 14.2 Å². The summed E-state index contributed by atoms with van der Waals surface area (Å²) in [6.45, 7) is 8.92. The normalized spacial score (nSPS) is 17.8. The largest absolute Gasteiger partial charge is 0.496 e. The van der Waals surface area contributed by atoms with Gasteiger partial charge < -0.3 is 23.7 Å². The van der Waals surface area contributed by atoms with Crippen molar-refractivity contribution in [2.45, 2.75) is 64.4 Å². The molecule has 0 spiro atoms. The zero-order valence-corrected chi connectivity index (χ0v) is 34.5. The van der Waals surface area contributed by atoms with E-state index in [-0.39, 0.29) is 35.6 Å². The van der Waals surface area contributed by atoms with E-state index in [1.165, 1.54) is 10.8 Å². The van der Waals surface area contributed by atoms with Gasteiger partial charge in [0.25, 0.3) is 17.4 Å². The van der Waals surface area contributed by atoms with Crippen molar-refractivity contribution in [1.29, 1.82) is 0 Å². The number of anilines is 1. The molecule has 2 aromatic heterocycles. The zero-order chi connectivity index (χ0) is 42.7. The highest BCUT2D eigenvalue weighted by Gasteiger charge is 2.44. The number of benzene rings is 2. The van der Waals surface area contributed by atoms with E-state index in [0.717, 1.165) is 51.0 Å². The summed E-state index contributed by atoms with van der Waals surface area (Å²) < 4.78 is 21.3. The second-order valence-electron chi connectivity index (χ2n) is 15.1. The van der Waals surface area contributed by atoms with Crippen LogP contribution in [-0.2, 0) is 41.1 Å². The van der Waals surface area contributed by atoms with Gasteiger partial charge in [-0.25, -0.2) is 0 Å². The number of hydrogen-bond donors (Lipinski definition) is 1. The van der Waals surface area contributed by atoms with Crippen molar-refractivity contribution in [2.24, 2.45) is 12.0 Å². The number of rotatable bonds is 14. The summed E-state index contributed by atoms with van der Waals surface area (Å²) in [4.78, 5) is 72.5. The Kier molecular flexibility index (Phi) is 12.4. The Morgan fingerprint density at radius 3 is 2.33 bits per heavy atom. The highest BCUT2D eigenvalue weighted by molar-refractivity contribution is 6.23. The minimum atomic E-state index is -0.997. The number of ether oxygens (including phenoxy) is 3. The molecule has 314 valence electrons. The predicted molar refractivity (Wildman–Crippen MR) is 223 cm³/mol. The van der Waals surface area contributed by atoms with Crippen molar-refractivity contribution in [3.63, 3.8) is 0 Å². The zero-order valence-electron chi connectivity index (χ0n) is 34.5. The second-order valence-corrected chi connectivity index (χ2v) is 15.1. The van der Waals surface area contributed by atoms with Crippen LogP contribution in [0.4, 0.5) is 5.69 Å². The molecule has 2 fully saturated rings. The van der Waals surface area contributed by atoms with Gasteiger partial charge in [-0.2, -0.15) is 0 Å². The molecule has 7 rings (SSSR count). The smallest absolute Gasteiger partial charge is 0.262 e. The van der Waals surface area contributed by atoms with Gasteiger partial charge in [-0.15, -0.1) is 5.10 Å². The lowest BCUT2D eigenvalue weighted by Crippen LogP contribution is -2.54. The highest BCUT2D eigenvalue weighted by atomic mass is 16.5. The highest BCUT2D eigenvalue weighted by Crippen LogP contribution is 2.35. The molecule has 5 heterocycles. The van der Waals surface area contributed by atoms with Crippen molar-refractivity contribution in [1.82, 2.24) is 34.7 Å². The number of piperidine rings is 2. The number of pyridine rings is 1. The van der Waals surface area contributed by atoms with Crippen molar-refractivity contribution >= 4 is 48.3 Å². The summed E-state index contributed by atoms with van der Waals surface area (Å²) in [7, 11) is 6.97. The maximum atomic E-state index is 13.3. The number of aliphatic imine (C=N–C) groups is 1. The van der Waals surface area contributed by atoms with Gasteiger partial charge in [0.15, 0.2) is 0 Å². The Bertz CT molecular complexity index is 2510. The van der Waals surface area contributed by atoms with Crippen LogP contribution < -0.4 is 35.7 Å². The lowest BCUT2D eigenvalue weighted by Gasteiger charge is -2.33. The average molecular weight is 820 g/mol. The predicted octanol–water partition coefficient (Wildman–Crippen LogP) is 1.62. The van der Waals surface area contributed by atoms with Crippen LogP contribution in [0.25, 0.3) is 23.4 Å². The van der Waals surface area contributed by atoms with Crippen LogP contribution in [0.5, 0.6) is 11.5 Å². The molecular formula is C43H49N9O8. The molecule has 60 heavy (non-hydrogen) atoms. The van der Waals surface area contributed by atoms with Gasteiger partial charge >= 0.3 is 0 Å². The molecule has 1 unspecified atom stereocenters. The van der Waals surface area contributed by atoms with Crippen molar-refractivity contribution in [2.75, 3.05) is 45.8 Å². The summed E-state index contributed by atoms with van der Waals surface area (Å²) in [5.41, 5.74) is 4.46. The number of aryl methyl sites for hydroxylation is 1. The maximum Gasteiger partial charge on any atom is 0.262 e. The number of nitrogens with one attached hydrogen (secondary N) is 1. The van der Waals surface area contributed by atoms with Gasteiger partial charge in [0.2, 0.25) is 11.8 Å². The van der Waals surface area contributed by atoms with Crippen molar-refractivity contribution in [3.8, 4) is 22.6 Å². The third kappa shape index (κ3) is 8.35. The van der Waals surface area contributed by atoms with Gasteiger partial charge in [0.1, 0.15) is 23.2 Å². The number of amides is 4. The fraction of sp³-hybridized carbons (Fsp3) is 0.395. The minimum Gasteiger partial charge on any atom is -0.496 e. The van der Waals surface area contributed by atoms with E-state index in [9.17, 15) is 24.0 Å². The van der Waals surface area contributed by atoms with E-state index in [1.807, 2.05) is 44.4 Å². The molecule has 4 amide bonds. The number of imide groups is 2.